The van der Waals surface area contributed by atoms with Gasteiger partial charge in [-0.25, -0.2) is 0 Å². The number of halogens is 11. The van der Waals surface area contributed by atoms with Crippen LogP contribution in [0.3, 0.4) is 0 Å². The van der Waals surface area contributed by atoms with Crippen LogP contribution >= 0.6 is 0 Å². The van der Waals surface area contributed by atoms with Crippen LogP contribution in [0.1, 0.15) is 141 Å². The largest absolute Gasteiger partial charge is 3.00 e. The second-order valence-electron chi connectivity index (χ2n) is 13.8. The number of hydrogen-bond acceptors (Lipinski definition) is 0. The van der Waals surface area contributed by atoms with E-state index in [1.165, 1.54) is 57.8 Å². The monoisotopic (exact) mass is 1050 g/mol. The van der Waals surface area contributed by atoms with Gasteiger partial charge >= 0.3 is 199 Å². The summed E-state index contributed by atoms with van der Waals surface area (Å²) < 4.78 is 0. The van der Waals surface area contributed by atoms with Crippen molar-refractivity contribution in [2.24, 2.45) is 0 Å². The molecule has 0 aromatic carbocycles. The van der Waals surface area contributed by atoms with Crippen molar-refractivity contribution in [3.63, 3.8) is 0 Å². The first kappa shape index (κ1) is 131. The Hall–Kier alpha value is 9.55. The quantitative estimate of drug-likeness (QED) is 0.217. The second kappa shape index (κ2) is 58.6. The Bertz CT molecular complexity index is 489. The topological polar surface area (TPSA) is 42.3 Å². The smallest absolute Gasteiger partial charge is 1.00 e. The molecule has 3 rings (SSSR count). The first-order valence-corrected chi connectivity index (χ1v) is 12.5. The predicted molar refractivity (Wildman–Crippen MR) is 153 cm³/mol. The molecule has 0 aliphatic carbocycles. The summed E-state index contributed by atoms with van der Waals surface area (Å²) in [6.45, 7) is 26.8. The molecule has 50 heavy (non-hydrogen) atoms. The molecule has 0 aromatic heterocycles. The molecular weight excluding hydrogens is 1000 g/mol. The summed E-state index contributed by atoms with van der Waals surface area (Å²) in [5, 5.41) is 14.2. The Morgan fingerprint density at radius 1 is 0.260 bits per heavy atom. The Morgan fingerprint density at radius 2 is 0.340 bits per heavy atom. The molecule has 0 bridgehead atoms. The van der Waals surface area contributed by atoms with Crippen LogP contribution in [-0.4, -0.2) is 102 Å². The molecule has 3 fully saturated rings. The van der Waals surface area contributed by atoms with E-state index in [4.69, 9.17) is 16.0 Å². The molecule has 3 aliphatic heterocycles. The Labute approximate surface area is 516 Å². The average Bonchev–Trinajstić information content (AvgIpc) is 2.40. The van der Waals surface area contributed by atoms with E-state index in [2.05, 4.69) is 83.1 Å². The van der Waals surface area contributed by atoms with Crippen LogP contribution in [0.4, 0.5) is 0 Å². The SMILES string of the molecule is CC1(C)CCCC(C)(C)[N-]1.CC1(C)CCCC(C)(C)[N-]1.CC1(C)CCCC(C)(C)[N-]1.[Cl-].[Cl-].[Cl-].[Cl-].[Cl-].[Cl-].[Cl-].[Cl-].[Cl-].[Cl-].[Cl-].[La+3].[Li+].[Li+].[Li+].[Li+].[Li+].[Mg+2].[Mg+2].[Mg+2]. The van der Waals surface area contributed by atoms with Gasteiger partial charge in [-0.3, -0.25) is 0 Å². The average molecular weight is 1060 g/mol. The van der Waals surface area contributed by atoms with E-state index >= 15 is 0 Å². The molecule has 0 atom stereocenters. The molecule has 268 valence electrons. The van der Waals surface area contributed by atoms with Crippen molar-refractivity contribution < 1.29 is 266 Å². The van der Waals surface area contributed by atoms with E-state index in [0.717, 1.165) is 0 Å². The summed E-state index contributed by atoms with van der Waals surface area (Å²) in [5.74, 6) is 0. The third-order valence-corrected chi connectivity index (χ3v) is 6.55. The minimum atomic E-state index is 0. The van der Waals surface area contributed by atoms with Gasteiger partial charge in [-0.1, -0.05) is 141 Å². The van der Waals surface area contributed by atoms with Gasteiger partial charge in [0.2, 0.25) is 0 Å². The maximum atomic E-state index is 4.75. The number of hydrogen-bond donors (Lipinski definition) is 0. The zero-order valence-electron chi connectivity index (χ0n) is 34.6. The van der Waals surface area contributed by atoms with Crippen LogP contribution in [0.15, 0.2) is 0 Å². The van der Waals surface area contributed by atoms with Crippen molar-refractivity contribution in [2.75, 3.05) is 0 Å². The number of nitrogens with zero attached hydrogens (tertiary/aromatic N) is 3. The standard InChI is InChI=1S/3C9H18N.11ClH.La.5Li.3Mg/c3*1-8(2)6-5-7-9(3,4)10-8;;;;;;;;;;;;;;;;;;;;/h3*5-7H2,1-4H3;11*1H;;;;;;;;;/q3*-1;;;;;;;;;;;;+3;5*+1;3*+2/p-11. The molecule has 0 amide bonds. The van der Waals surface area contributed by atoms with E-state index < -0.39 is 0 Å². The Kier molecular flexibility index (Phi) is 153. The number of piperidine rings is 3. The summed E-state index contributed by atoms with van der Waals surface area (Å²) >= 11 is 0. The normalized spacial score (nSPS) is 18.0. The maximum absolute atomic E-state index is 4.75. The molecule has 3 saturated heterocycles. The van der Waals surface area contributed by atoms with Crippen molar-refractivity contribution in [1.29, 1.82) is 0 Å². The molecule has 0 unspecified atom stereocenters. The Morgan fingerprint density at radius 3 is 0.380 bits per heavy atom. The van der Waals surface area contributed by atoms with Crippen LogP contribution in [0, 0.1) is 35.6 Å². The van der Waals surface area contributed by atoms with Crippen LogP contribution in [0.25, 0.3) is 16.0 Å². The van der Waals surface area contributed by atoms with E-state index in [-0.39, 0.29) is 369 Å². The number of rotatable bonds is 0. The molecule has 23 heteroatoms. The molecule has 3 nitrogen and oxygen atoms in total. The van der Waals surface area contributed by atoms with Crippen molar-refractivity contribution >= 4 is 69.2 Å². The third-order valence-electron chi connectivity index (χ3n) is 6.55. The van der Waals surface area contributed by atoms with Crippen molar-refractivity contribution in [1.82, 2.24) is 0 Å². The molecule has 3 aliphatic rings. The molecule has 0 saturated carbocycles. The van der Waals surface area contributed by atoms with Gasteiger partial charge in [0, 0.05) is 0 Å². The van der Waals surface area contributed by atoms with Crippen LogP contribution in [-0.2, 0) is 0 Å². The van der Waals surface area contributed by atoms with Crippen LogP contribution in [0.2, 0.25) is 0 Å². The van der Waals surface area contributed by atoms with E-state index in [1.807, 2.05) is 0 Å². The molecule has 0 spiro atoms. The zero-order valence-corrected chi connectivity index (χ0v) is 50.7. The third kappa shape index (κ3) is 69.3. The fourth-order valence-corrected chi connectivity index (χ4v) is 5.65. The summed E-state index contributed by atoms with van der Waals surface area (Å²) in [5.41, 5.74) is 1.43. The summed E-state index contributed by atoms with van der Waals surface area (Å²) in [7, 11) is 0. The summed E-state index contributed by atoms with van der Waals surface area (Å²) in [6, 6.07) is 0. The minimum Gasteiger partial charge on any atom is -1.00 e. The molecular formula is C27H54Cl11LaLi5Mg3N3. The fraction of sp³-hybridized carbons (Fsp3) is 1.00. The first-order chi connectivity index (χ1) is 13.2. The first-order valence-electron chi connectivity index (χ1n) is 12.5. The van der Waals surface area contributed by atoms with Crippen LogP contribution < -0.4 is 231 Å². The van der Waals surface area contributed by atoms with Gasteiger partial charge < -0.3 is 152 Å². The Balaban J connectivity index is -0.0000000125. The second-order valence-corrected chi connectivity index (χ2v) is 13.8. The van der Waals surface area contributed by atoms with Crippen LogP contribution in [0.5, 0.6) is 0 Å². The van der Waals surface area contributed by atoms with Crippen molar-refractivity contribution in [3.8, 4) is 0 Å². The molecule has 3 heterocycles. The van der Waals surface area contributed by atoms with Gasteiger partial charge in [0.15, 0.2) is 0 Å². The summed E-state index contributed by atoms with van der Waals surface area (Å²) in [6.07, 6.45) is 11.6. The fourth-order valence-electron chi connectivity index (χ4n) is 5.65. The molecule has 0 N–H and O–H groups in total. The van der Waals surface area contributed by atoms with Gasteiger partial charge in [0.1, 0.15) is 0 Å². The van der Waals surface area contributed by atoms with Gasteiger partial charge in [-0.2, -0.15) is 0 Å². The van der Waals surface area contributed by atoms with Crippen molar-refractivity contribution in [2.45, 2.75) is 174 Å². The van der Waals surface area contributed by atoms with E-state index in [1.54, 1.807) is 0 Å². The van der Waals surface area contributed by atoms with Crippen molar-refractivity contribution in [3.05, 3.63) is 16.0 Å². The van der Waals surface area contributed by atoms with Gasteiger partial charge in [-0.05, 0) is 0 Å². The van der Waals surface area contributed by atoms with E-state index in [9.17, 15) is 0 Å². The van der Waals surface area contributed by atoms with Gasteiger partial charge in [0.25, 0.3) is 0 Å². The summed E-state index contributed by atoms with van der Waals surface area (Å²) in [4.78, 5) is 0. The molecule has 0 radical (unpaired) electrons. The van der Waals surface area contributed by atoms with Gasteiger partial charge in [0.05, 0.1) is 0 Å². The van der Waals surface area contributed by atoms with E-state index in [0.29, 0.717) is 0 Å². The minimum absolute atomic E-state index is 0. The molecule has 0 aromatic rings. The van der Waals surface area contributed by atoms with Gasteiger partial charge in [-0.15, -0.1) is 33.2 Å². The predicted octanol–water partition coefficient (Wildman–Crippen LogP) is -39.8. The zero-order chi connectivity index (χ0) is 23.5. The maximum Gasteiger partial charge on any atom is 3.00 e.